The lowest BCUT2D eigenvalue weighted by Crippen LogP contribution is -2.57. The van der Waals surface area contributed by atoms with Gasteiger partial charge in [-0.3, -0.25) is 4.90 Å². The second kappa shape index (κ2) is 8.38. The standard InChI is InChI=1S/C27H29NO4/c29-27(28-20-13-19(14-21(28)16-31-15-20)18-9-11-30-12-10-18)32-17-26-24-7-3-1-5-22(24)23-6-2-4-8-25(23)26/h1-8,13,18,20-21,26H,9-12,14-17H2. The first-order valence-corrected chi connectivity index (χ1v) is 11.8. The molecule has 0 saturated carbocycles. The molecular formula is C27H29NO4. The molecule has 4 aliphatic rings. The highest BCUT2D eigenvalue weighted by molar-refractivity contribution is 5.79. The summed E-state index contributed by atoms with van der Waals surface area (Å²) >= 11 is 0. The minimum atomic E-state index is -0.215. The maximum absolute atomic E-state index is 13.3. The zero-order valence-electron chi connectivity index (χ0n) is 18.2. The van der Waals surface area contributed by atoms with Crippen LogP contribution in [0, 0.1) is 5.92 Å². The topological polar surface area (TPSA) is 48.0 Å². The zero-order valence-corrected chi connectivity index (χ0v) is 18.2. The molecule has 166 valence electrons. The second-order valence-corrected chi connectivity index (χ2v) is 9.30. The van der Waals surface area contributed by atoms with E-state index < -0.39 is 0 Å². The fourth-order valence-corrected chi connectivity index (χ4v) is 5.95. The van der Waals surface area contributed by atoms with Crippen molar-refractivity contribution in [3.05, 3.63) is 71.3 Å². The van der Waals surface area contributed by atoms with E-state index in [4.69, 9.17) is 14.2 Å². The van der Waals surface area contributed by atoms with Gasteiger partial charge in [0, 0.05) is 19.1 Å². The SMILES string of the molecule is O=C(OCC1c2ccccc2-c2ccccc21)N1C2C=C(C3CCOCC3)CC1COC2. The molecule has 32 heavy (non-hydrogen) atoms. The number of amides is 1. The number of carbonyl (C=O) groups excluding carboxylic acids is 1. The quantitative estimate of drug-likeness (QED) is 0.658. The van der Waals surface area contributed by atoms with E-state index in [9.17, 15) is 4.79 Å². The molecular weight excluding hydrogens is 402 g/mol. The molecule has 2 saturated heterocycles. The van der Waals surface area contributed by atoms with Gasteiger partial charge >= 0.3 is 6.09 Å². The van der Waals surface area contributed by atoms with Gasteiger partial charge < -0.3 is 14.2 Å². The van der Waals surface area contributed by atoms with Crippen LogP contribution in [-0.4, -0.2) is 56.1 Å². The fourth-order valence-electron chi connectivity index (χ4n) is 5.95. The Kier molecular flexibility index (Phi) is 5.24. The van der Waals surface area contributed by atoms with Gasteiger partial charge in [0.25, 0.3) is 0 Å². The third kappa shape index (κ3) is 3.44. The predicted molar refractivity (Wildman–Crippen MR) is 122 cm³/mol. The molecule has 6 rings (SSSR count). The molecule has 5 heteroatoms. The van der Waals surface area contributed by atoms with E-state index >= 15 is 0 Å². The first kappa shape index (κ1) is 20.0. The van der Waals surface area contributed by atoms with Crippen molar-refractivity contribution in [1.29, 1.82) is 0 Å². The number of fused-ring (bicyclic) bond motifs is 5. The van der Waals surface area contributed by atoms with Crippen molar-refractivity contribution < 1.29 is 19.0 Å². The Morgan fingerprint density at radius 2 is 1.62 bits per heavy atom. The maximum Gasteiger partial charge on any atom is 0.410 e. The van der Waals surface area contributed by atoms with Crippen molar-refractivity contribution >= 4 is 6.09 Å². The van der Waals surface area contributed by atoms with Crippen molar-refractivity contribution in [2.24, 2.45) is 5.92 Å². The fraction of sp³-hybridized carbons (Fsp3) is 0.444. The van der Waals surface area contributed by atoms with Crippen molar-refractivity contribution in [2.45, 2.75) is 37.3 Å². The van der Waals surface area contributed by atoms with Crippen LogP contribution >= 0.6 is 0 Å². The maximum atomic E-state index is 13.3. The minimum absolute atomic E-state index is 0.0315. The van der Waals surface area contributed by atoms with Gasteiger partial charge in [-0.2, -0.15) is 0 Å². The normalized spacial score (nSPS) is 25.1. The number of nitrogens with zero attached hydrogens (tertiary/aromatic N) is 1. The number of carbonyl (C=O) groups is 1. The van der Waals surface area contributed by atoms with Gasteiger partial charge in [-0.1, -0.05) is 60.2 Å². The molecule has 1 amide bonds. The monoisotopic (exact) mass is 431 g/mol. The molecule has 0 N–H and O–H groups in total. The smallest absolute Gasteiger partial charge is 0.410 e. The first-order valence-electron chi connectivity index (χ1n) is 11.8. The van der Waals surface area contributed by atoms with Crippen LogP contribution in [0.3, 0.4) is 0 Å². The highest BCUT2D eigenvalue weighted by atomic mass is 16.6. The minimum Gasteiger partial charge on any atom is -0.448 e. The van der Waals surface area contributed by atoms with Gasteiger partial charge in [-0.25, -0.2) is 4.79 Å². The van der Waals surface area contributed by atoms with Gasteiger partial charge in [0.1, 0.15) is 6.61 Å². The van der Waals surface area contributed by atoms with Crippen LogP contribution in [0.25, 0.3) is 11.1 Å². The van der Waals surface area contributed by atoms with E-state index in [0.717, 1.165) is 32.5 Å². The van der Waals surface area contributed by atoms with Crippen molar-refractivity contribution in [3.63, 3.8) is 0 Å². The van der Waals surface area contributed by atoms with E-state index in [1.54, 1.807) is 0 Å². The Balaban J connectivity index is 1.19. The van der Waals surface area contributed by atoms with Gasteiger partial charge in [0.15, 0.2) is 0 Å². The number of morpholine rings is 1. The van der Waals surface area contributed by atoms with Crippen molar-refractivity contribution in [3.8, 4) is 11.1 Å². The van der Waals surface area contributed by atoms with Crippen molar-refractivity contribution in [1.82, 2.24) is 4.90 Å². The lowest BCUT2D eigenvalue weighted by molar-refractivity contribution is -0.0386. The Morgan fingerprint density at radius 1 is 0.938 bits per heavy atom. The number of rotatable bonds is 3. The van der Waals surface area contributed by atoms with Crippen LogP contribution in [0.2, 0.25) is 0 Å². The molecule has 5 nitrogen and oxygen atoms in total. The summed E-state index contributed by atoms with van der Waals surface area (Å²) in [4.78, 5) is 15.2. The molecule has 0 spiro atoms. The summed E-state index contributed by atoms with van der Waals surface area (Å²) in [6.07, 6.45) is 5.10. The van der Waals surface area contributed by atoms with Gasteiger partial charge in [0.05, 0.1) is 25.3 Å². The Morgan fingerprint density at radius 3 is 2.31 bits per heavy atom. The average molecular weight is 432 g/mol. The number of ether oxygens (including phenoxy) is 3. The van der Waals surface area contributed by atoms with Crippen LogP contribution in [0.4, 0.5) is 4.79 Å². The highest BCUT2D eigenvalue weighted by Gasteiger charge is 2.41. The largest absolute Gasteiger partial charge is 0.448 e. The Labute approximate surface area is 189 Å². The van der Waals surface area contributed by atoms with Gasteiger partial charge in [-0.15, -0.1) is 0 Å². The predicted octanol–water partition coefficient (Wildman–Crippen LogP) is 4.76. The van der Waals surface area contributed by atoms with E-state index in [1.807, 2.05) is 4.90 Å². The molecule has 1 aliphatic carbocycles. The van der Waals surface area contributed by atoms with Crippen LogP contribution in [-0.2, 0) is 14.2 Å². The van der Waals surface area contributed by atoms with Gasteiger partial charge in [0.2, 0.25) is 0 Å². The molecule has 0 aromatic heterocycles. The third-order valence-corrected chi connectivity index (χ3v) is 7.52. The van der Waals surface area contributed by atoms with E-state index in [0.29, 0.717) is 25.7 Å². The Hall–Kier alpha value is -2.63. The number of hydrogen-bond acceptors (Lipinski definition) is 4. The Bertz CT molecular complexity index is 996. The summed E-state index contributed by atoms with van der Waals surface area (Å²) in [6.45, 7) is 3.17. The zero-order chi connectivity index (χ0) is 21.5. The van der Waals surface area contributed by atoms with Crippen LogP contribution in [0.1, 0.15) is 36.3 Å². The first-order chi connectivity index (χ1) is 15.8. The van der Waals surface area contributed by atoms with Crippen LogP contribution in [0.15, 0.2) is 60.2 Å². The van der Waals surface area contributed by atoms with Crippen LogP contribution < -0.4 is 0 Å². The second-order valence-electron chi connectivity index (χ2n) is 9.30. The molecule has 2 bridgehead atoms. The summed E-state index contributed by atoms with van der Waals surface area (Å²) in [5.41, 5.74) is 6.46. The highest BCUT2D eigenvalue weighted by Crippen LogP contribution is 2.44. The molecule has 2 aromatic rings. The molecule has 2 unspecified atom stereocenters. The summed E-state index contributed by atoms with van der Waals surface area (Å²) in [5.74, 6) is 0.664. The number of benzene rings is 2. The molecule has 2 aromatic carbocycles. The molecule has 3 aliphatic heterocycles. The summed E-state index contributed by atoms with van der Waals surface area (Å²) in [6, 6.07) is 16.9. The lowest BCUT2D eigenvalue weighted by atomic mass is 9.82. The van der Waals surface area contributed by atoms with Gasteiger partial charge in [-0.05, 0) is 47.4 Å². The molecule has 3 heterocycles. The van der Waals surface area contributed by atoms with Crippen molar-refractivity contribution in [2.75, 3.05) is 33.0 Å². The molecule has 2 atom stereocenters. The van der Waals surface area contributed by atoms with E-state index in [2.05, 4.69) is 54.6 Å². The summed E-state index contributed by atoms with van der Waals surface area (Å²) in [5, 5.41) is 0. The summed E-state index contributed by atoms with van der Waals surface area (Å²) in [7, 11) is 0. The summed E-state index contributed by atoms with van der Waals surface area (Å²) < 4.78 is 17.3. The molecule has 2 fully saturated rings. The lowest BCUT2D eigenvalue weighted by Gasteiger charge is -2.45. The van der Waals surface area contributed by atoms with E-state index in [1.165, 1.54) is 27.8 Å². The van der Waals surface area contributed by atoms with E-state index in [-0.39, 0.29) is 24.1 Å². The number of hydrogen-bond donors (Lipinski definition) is 0. The third-order valence-electron chi connectivity index (χ3n) is 7.52. The van der Waals surface area contributed by atoms with Crippen LogP contribution in [0.5, 0.6) is 0 Å². The molecule has 0 radical (unpaired) electrons. The average Bonchev–Trinajstić information content (AvgIpc) is 3.16.